The summed E-state index contributed by atoms with van der Waals surface area (Å²) in [6, 6.07) is 0. The van der Waals surface area contributed by atoms with Gasteiger partial charge in [0.2, 0.25) is 12.1 Å². The van der Waals surface area contributed by atoms with Crippen LogP contribution in [0.15, 0.2) is 35.6 Å². The average Bonchev–Trinajstić information content (AvgIpc) is 3.22. The second kappa shape index (κ2) is 12.7. The number of aliphatic hydroxyl groups is 6. The summed E-state index contributed by atoms with van der Waals surface area (Å²) in [6.07, 6.45) is -2.57. The summed E-state index contributed by atoms with van der Waals surface area (Å²) in [5.41, 5.74) is -6.62. The Hall–Kier alpha value is -2.78. The fourth-order valence-corrected chi connectivity index (χ4v) is 10.3. The number of aliphatic hydroxyl groups excluding tert-OH is 5. The topological polar surface area (TPSA) is 217 Å². The van der Waals surface area contributed by atoms with E-state index in [0.717, 1.165) is 6.08 Å². The van der Waals surface area contributed by atoms with E-state index in [2.05, 4.69) is 0 Å². The van der Waals surface area contributed by atoms with Crippen LogP contribution in [0.4, 0.5) is 0 Å². The molecule has 0 radical (unpaired) electrons. The van der Waals surface area contributed by atoms with Gasteiger partial charge in [-0.3, -0.25) is 19.2 Å². The van der Waals surface area contributed by atoms with Crippen molar-refractivity contribution in [1.82, 2.24) is 0 Å². The van der Waals surface area contributed by atoms with Gasteiger partial charge in [0.15, 0.2) is 11.5 Å². The molecular formula is C38H54O13. The van der Waals surface area contributed by atoms with Gasteiger partial charge in [0.05, 0.1) is 18.1 Å². The second-order valence-corrected chi connectivity index (χ2v) is 17.2. The molecule has 0 spiro atoms. The Kier molecular flexibility index (Phi) is 9.80. The van der Waals surface area contributed by atoms with Gasteiger partial charge in [0.25, 0.3) is 0 Å². The second-order valence-electron chi connectivity index (χ2n) is 17.2. The zero-order valence-electron chi connectivity index (χ0n) is 30.9. The van der Waals surface area contributed by atoms with Crippen LogP contribution in [0.3, 0.4) is 0 Å². The third-order valence-electron chi connectivity index (χ3n) is 13.3. The maximum absolute atomic E-state index is 14.8. The van der Waals surface area contributed by atoms with Crippen molar-refractivity contribution in [2.24, 2.45) is 39.4 Å². The van der Waals surface area contributed by atoms with Crippen LogP contribution in [-0.4, -0.2) is 109 Å². The maximum atomic E-state index is 14.8. The van der Waals surface area contributed by atoms with Gasteiger partial charge in [-0.1, -0.05) is 32.4 Å². The first-order valence-electron chi connectivity index (χ1n) is 17.6. The molecule has 51 heavy (non-hydrogen) atoms. The summed E-state index contributed by atoms with van der Waals surface area (Å²) >= 11 is 0. The zero-order chi connectivity index (χ0) is 38.4. The number of carbonyl (C=O) groups is 4. The summed E-state index contributed by atoms with van der Waals surface area (Å²) in [4.78, 5) is 53.9. The van der Waals surface area contributed by atoms with E-state index in [9.17, 15) is 49.8 Å². The Morgan fingerprint density at radius 3 is 2.22 bits per heavy atom. The first-order valence-corrected chi connectivity index (χ1v) is 17.6. The van der Waals surface area contributed by atoms with Gasteiger partial charge < -0.3 is 44.8 Å². The number of carbonyl (C=O) groups excluding carboxylic acids is 4. The molecule has 0 aromatic rings. The lowest BCUT2D eigenvalue weighted by atomic mass is 9.39. The Bertz CT molecular complexity index is 1570. The number of ether oxygens (including phenoxy) is 3. The predicted molar refractivity (Wildman–Crippen MR) is 180 cm³/mol. The molecule has 0 amide bonds. The lowest BCUT2D eigenvalue weighted by molar-refractivity contribution is -0.291. The van der Waals surface area contributed by atoms with Gasteiger partial charge in [-0.2, -0.15) is 0 Å². The highest BCUT2D eigenvalue weighted by atomic mass is 16.7. The average molecular weight is 719 g/mol. The highest BCUT2D eigenvalue weighted by Gasteiger charge is 2.74. The van der Waals surface area contributed by atoms with E-state index < -0.39 is 112 Å². The molecule has 284 valence electrons. The number of hydrogen-bond donors (Lipinski definition) is 6. The molecule has 5 rings (SSSR count). The number of ketones is 3. The van der Waals surface area contributed by atoms with Crippen LogP contribution in [0.2, 0.25) is 0 Å². The van der Waals surface area contributed by atoms with E-state index in [1.54, 1.807) is 33.8 Å². The Labute approximate surface area is 298 Å². The Morgan fingerprint density at radius 1 is 1.00 bits per heavy atom. The molecule has 5 aliphatic rings. The van der Waals surface area contributed by atoms with Crippen molar-refractivity contribution >= 4 is 23.3 Å². The molecule has 4 aliphatic carbocycles. The van der Waals surface area contributed by atoms with Gasteiger partial charge >= 0.3 is 5.97 Å². The van der Waals surface area contributed by atoms with Crippen molar-refractivity contribution < 1.29 is 64.0 Å². The lowest BCUT2D eigenvalue weighted by Crippen LogP contribution is -2.64. The maximum Gasteiger partial charge on any atom is 0.303 e. The number of rotatable bonds is 8. The number of allylic oxidation sites excluding steroid dienone is 4. The highest BCUT2D eigenvalue weighted by Crippen LogP contribution is 2.73. The standard InChI is InChI=1S/C38H54O13/c1-18(40)51-33(2,3)13-12-25(42)38(9,48)30-21(41)15-35(6)24-11-10-19-20(37(24,8)26(43)16-36(30,35)7)14-22(31(47)34(19,4)5)49-32-29(46)28(45)27(44)23(17-39)50-32/h10,12-14,20-21,23-24,27-30,32,39,41,44-46,48H,11,15-17H2,1-9H3/t20-,21-,23?,24+,27?,28?,29?,30+,32?,35+,36-,37+,38+/m1/s1. The van der Waals surface area contributed by atoms with Gasteiger partial charge in [0.1, 0.15) is 41.4 Å². The first kappa shape index (κ1) is 39.4. The number of hydrogen-bond acceptors (Lipinski definition) is 13. The number of Topliss-reactive ketones (excluding diaryl/α,β-unsaturated/α-hetero) is 2. The van der Waals surface area contributed by atoms with Crippen LogP contribution < -0.4 is 0 Å². The lowest BCUT2D eigenvalue weighted by Gasteiger charge is -2.63. The van der Waals surface area contributed by atoms with Crippen molar-refractivity contribution in [1.29, 1.82) is 0 Å². The molecule has 0 aromatic heterocycles. The van der Waals surface area contributed by atoms with Crippen LogP contribution in [-0.2, 0) is 33.4 Å². The molecule has 13 atom stereocenters. The van der Waals surface area contributed by atoms with Crippen LogP contribution in [0.1, 0.15) is 81.6 Å². The van der Waals surface area contributed by atoms with Gasteiger partial charge in [-0.25, -0.2) is 0 Å². The molecule has 1 saturated heterocycles. The summed E-state index contributed by atoms with van der Waals surface area (Å²) < 4.78 is 16.7. The van der Waals surface area contributed by atoms with E-state index in [1.807, 2.05) is 26.8 Å². The minimum atomic E-state index is -2.09. The Balaban J connectivity index is 1.52. The third-order valence-corrected chi connectivity index (χ3v) is 13.3. The van der Waals surface area contributed by atoms with Crippen molar-refractivity contribution in [3.63, 3.8) is 0 Å². The first-order chi connectivity index (χ1) is 23.3. The van der Waals surface area contributed by atoms with Crippen molar-refractivity contribution in [2.75, 3.05) is 6.61 Å². The number of fused-ring (bicyclic) bond motifs is 5. The van der Waals surface area contributed by atoms with Crippen molar-refractivity contribution in [2.45, 2.75) is 130 Å². The van der Waals surface area contributed by atoms with Crippen LogP contribution >= 0.6 is 0 Å². The fourth-order valence-electron chi connectivity index (χ4n) is 10.3. The molecular weight excluding hydrogens is 664 g/mol. The minimum absolute atomic E-state index is 0.0841. The summed E-state index contributed by atoms with van der Waals surface area (Å²) in [5, 5.41) is 64.6. The third kappa shape index (κ3) is 5.87. The highest BCUT2D eigenvalue weighted by molar-refractivity contribution is 6.02. The van der Waals surface area contributed by atoms with E-state index in [0.29, 0.717) is 12.0 Å². The van der Waals surface area contributed by atoms with Gasteiger partial charge in [0, 0.05) is 30.6 Å². The molecule has 2 saturated carbocycles. The summed E-state index contributed by atoms with van der Waals surface area (Å²) in [6.45, 7) is 14.2. The molecule has 13 heteroatoms. The molecule has 1 aliphatic heterocycles. The van der Waals surface area contributed by atoms with Gasteiger partial charge in [-0.05, 0) is 82.4 Å². The molecule has 6 N–H and O–H groups in total. The van der Waals surface area contributed by atoms with E-state index in [-0.39, 0.29) is 24.4 Å². The smallest absolute Gasteiger partial charge is 0.303 e. The number of esters is 1. The van der Waals surface area contributed by atoms with E-state index >= 15 is 0 Å². The Morgan fingerprint density at radius 2 is 1.63 bits per heavy atom. The molecule has 13 nitrogen and oxygen atoms in total. The zero-order valence-corrected chi connectivity index (χ0v) is 30.9. The predicted octanol–water partition coefficient (Wildman–Crippen LogP) is 1.45. The molecule has 3 fully saturated rings. The minimum Gasteiger partial charge on any atom is -0.459 e. The van der Waals surface area contributed by atoms with Crippen LogP contribution in [0.5, 0.6) is 0 Å². The van der Waals surface area contributed by atoms with E-state index in [4.69, 9.17) is 14.2 Å². The summed E-state index contributed by atoms with van der Waals surface area (Å²) in [7, 11) is 0. The van der Waals surface area contributed by atoms with Crippen LogP contribution in [0.25, 0.3) is 0 Å². The SMILES string of the molecule is CC(=O)OC(C)(C)C=CC(=O)[C@](C)(O)[C@H]1[C@H](O)C[C@@]2(C)[C@@H]3CC=C4[C@@H](C=C(OC5OC(CO)C(O)C(O)C5O)C(=O)C4(C)C)[C@]3(C)C(=O)C[C@]12C. The normalized spacial score (nSPS) is 43.3. The summed E-state index contributed by atoms with van der Waals surface area (Å²) in [5.74, 6) is -4.17. The molecule has 0 bridgehead atoms. The van der Waals surface area contributed by atoms with Gasteiger partial charge in [-0.15, -0.1) is 0 Å². The molecule has 0 aromatic carbocycles. The quantitative estimate of drug-likeness (QED) is 0.119. The van der Waals surface area contributed by atoms with Crippen molar-refractivity contribution in [3.05, 3.63) is 35.6 Å². The monoisotopic (exact) mass is 718 g/mol. The van der Waals surface area contributed by atoms with Crippen molar-refractivity contribution in [3.8, 4) is 0 Å². The molecule has 1 heterocycles. The largest absolute Gasteiger partial charge is 0.459 e. The molecule has 5 unspecified atom stereocenters. The van der Waals surface area contributed by atoms with E-state index in [1.165, 1.54) is 19.9 Å². The van der Waals surface area contributed by atoms with Crippen LogP contribution in [0, 0.1) is 39.4 Å². The fraction of sp³-hybridized carbons (Fsp3) is 0.737.